The zero-order chi connectivity index (χ0) is 13.8. The van der Waals surface area contributed by atoms with E-state index in [2.05, 4.69) is 45.5 Å². The second kappa shape index (κ2) is 4.52. The fraction of sp³-hybridized carbons (Fsp3) is 0.500. The van der Waals surface area contributed by atoms with Crippen molar-refractivity contribution in [2.75, 3.05) is 13.1 Å². The van der Waals surface area contributed by atoms with E-state index < -0.39 is 0 Å². The Morgan fingerprint density at radius 3 is 2.62 bits per heavy atom. The molecule has 3 saturated heterocycles. The van der Waals surface area contributed by atoms with E-state index in [0.717, 1.165) is 36.0 Å². The molecule has 4 atom stereocenters. The first-order valence-electron chi connectivity index (χ1n) is 8.21. The van der Waals surface area contributed by atoms with Gasteiger partial charge in [0.2, 0.25) is 0 Å². The van der Waals surface area contributed by atoms with Crippen molar-refractivity contribution in [1.82, 2.24) is 15.2 Å². The van der Waals surface area contributed by atoms with Crippen molar-refractivity contribution in [3.8, 4) is 0 Å². The zero-order valence-electron chi connectivity index (χ0n) is 12.2. The second-order valence-corrected chi connectivity index (χ2v) is 6.86. The van der Waals surface area contributed by atoms with Gasteiger partial charge in [0, 0.05) is 30.2 Å². The van der Waals surface area contributed by atoms with E-state index in [1.54, 1.807) is 0 Å². The lowest BCUT2D eigenvalue weighted by Gasteiger charge is -2.25. The summed E-state index contributed by atoms with van der Waals surface area (Å²) in [6.07, 6.45) is 4.77. The first kappa shape index (κ1) is 12.1. The van der Waals surface area contributed by atoms with Crippen molar-refractivity contribution < 1.29 is 0 Å². The number of rotatable bonds is 2. The largest absolute Gasteiger partial charge is 0.316 e. The number of nitrogens with zero attached hydrogens (tertiary/aromatic N) is 2. The highest BCUT2D eigenvalue weighted by Gasteiger charge is 2.54. The summed E-state index contributed by atoms with van der Waals surface area (Å²) >= 11 is 0. The highest BCUT2D eigenvalue weighted by Crippen LogP contribution is 2.48. The number of pyridine rings is 1. The molecule has 0 radical (unpaired) electrons. The van der Waals surface area contributed by atoms with Gasteiger partial charge in [-0.3, -0.25) is 9.88 Å². The van der Waals surface area contributed by atoms with Crippen molar-refractivity contribution in [1.29, 1.82) is 0 Å². The number of hydrogen-bond donors (Lipinski definition) is 1. The molecular formula is C18H21N3. The van der Waals surface area contributed by atoms with Gasteiger partial charge in [0.15, 0.2) is 0 Å². The predicted octanol–water partition coefficient (Wildman–Crippen LogP) is 2.42. The van der Waals surface area contributed by atoms with Gasteiger partial charge < -0.3 is 5.32 Å². The van der Waals surface area contributed by atoms with Crippen molar-refractivity contribution in [2.24, 2.45) is 11.8 Å². The molecule has 3 fully saturated rings. The van der Waals surface area contributed by atoms with Crippen LogP contribution in [0.5, 0.6) is 0 Å². The van der Waals surface area contributed by atoms with Gasteiger partial charge >= 0.3 is 0 Å². The summed E-state index contributed by atoms with van der Waals surface area (Å²) in [5.41, 5.74) is 2.58. The van der Waals surface area contributed by atoms with Gasteiger partial charge in [0.1, 0.15) is 0 Å². The molecule has 1 aromatic heterocycles. The lowest BCUT2D eigenvalue weighted by atomic mass is 9.82. The third kappa shape index (κ3) is 1.71. The van der Waals surface area contributed by atoms with Crippen LogP contribution in [0.4, 0.5) is 0 Å². The summed E-state index contributed by atoms with van der Waals surface area (Å²) in [4.78, 5) is 7.30. The first-order chi connectivity index (χ1) is 10.4. The van der Waals surface area contributed by atoms with Gasteiger partial charge in [0.25, 0.3) is 0 Å². The maximum atomic E-state index is 4.50. The third-order valence-electron chi connectivity index (χ3n) is 6.00. The molecule has 3 aliphatic heterocycles. The molecule has 1 aromatic carbocycles. The van der Waals surface area contributed by atoms with Crippen molar-refractivity contribution in [2.45, 2.75) is 31.5 Å². The molecule has 3 aliphatic rings. The predicted molar refractivity (Wildman–Crippen MR) is 83.9 cm³/mol. The van der Waals surface area contributed by atoms with E-state index >= 15 is 0 Å². The molecule has 3 heteroatoms. The third-order valence-corrected chi connectivity index (χ3v) is 6.00. The fourth-order valence-corrected chi connectivity index (χ4v) is 5.13. The summed E-state index contributed by atoms with van der Waals surface area (Å²) < 4.78 is 0. The molecule has 3 nitrogen and oxygen atoms in total. The second-order valence-electron chi connectivity index (χ2n) is 6.86. The molecule has 0 saturated carbocycles. The Morgan fingerprint density at radius 1 is 1.05 bits per heavy atom. The molecule has 4 heterocycles. The first-order valence-corrected chi connectivity index (χ1v) is 8.21. The molecular weight excluding hydrogens is 258 g/mol. The van der Waals surface area contributed by atoms with Gasteiger partial charge in [-0.25, -0.2) is 0 Å². The molecule has 21 heavy (non-hydrogen) atoms. The summed E-state index contributed by atoms with van der Waals surface area (Å²) in [5.74, 6) is 1.80. The minimum absolute atomic E-state index is 0.807. The van der Waals surface area contributed by atoms with E-state index in [9.17, 15) is 0 Å². The van der Waals surface area contributed by atoms with Crippen molar-refractivity contribution in [3.63, 3.8) is 0 Å². The van der Waals surface area contributed by atoms with Gasteiger partial charge in [-0.2, -0.15) is 0 Å². The van der Waals surface area contributed by atoms with Crippen LogP contribution in [-0.4, -0.2) is 35.1 Å². The average Bonchev–Trinajstić information content (AvgIpc) is 3.20. The van der Waals surface area contributed by atoms with Crippen molar-refractivity contribution >= 4 is 10.9 Å². The summed E-state index contributed by atoms with van der Waals surface area (Å²) in [6, 6.07) is 12.4. The highest BCUT2D eigenvalue weighted by atomic mass is 15.3. The quantitative estimate of drug-likeness (QED) is 0.915. The standard InChI is InChI=1S/C18H21N3/c1-2-4-16-13(3-1)12(7-8-20-16)11-21-17-5-6-18(21)15-10-19-9-14(15)17/h1-4,7-8,14-15,17-19H,5-6,9-11H2/t14-,15+,17-,18+. The molecule has 0 amide bonds. The maximum absolute atomic E-state index is 4.50. The van der Waals surface area contributed by atoms with Crippen LogP contribution in [0.25, 0.3) is 10.9 Å². The van der Waals surface area contributed by atoms with Gasteiger partial charge in [-0.15, -0.1) is 0 Å². The molecule has 2 aromatic rings. The van der Waals surface area contributed by atoms with Gasteiger partial charge in [0.05, 0.1) is 5.52 Å². The fourth-order valence-electron chi connectivity index (χ4n) is 5.13. The molecule has 0 unspecified atom stereocenters. The van der Waals surface area contributed by atoms with E-state index in [4.69, 9.17) is 0 Å². The van der Waals surface area contributed by atoms with Crippen LogP contribution < -0.4 is 5.32 Å². The molecule has 2 bridgehead atoms. The lowest BCUT2D eigenvalue weighted by Crippen LogP contribution is -2.33. The molecule has 1 N–H and O–H groups in total. The number of hydrogen-bond acceptors (Lipinski definition) is 3. The van der Waals surface area contributed by atoms with Crippen LogP contribution in [0.1, 0.15) is 18.4 Å². The van der Waals surface area contributed by atoms with E-state index in [-0.39, 0.29) is 0 Å². The lowest BCUT2D eigenvalue weighted by molar-refractivity contribution is 0.219. The number of aromatic nitrogens is 1. The highest BCUT2D eigenvalue weighted by molar-refractivity contribution is 5.81. The van der Waals surface area contributed by atoms with Gasteiger partial charge in [-0.1, -0.05) is 18.2 Å². The Kier molecular flexibility index (Phi) is 2.61. The Bertz CT molecular complexity index is 660. The molecule has 108 valence electrons. The normalized spacial score (nSPS) is 34.7. The summed E-state index contributed by atoms with van der Waals surface area (Å²) in [6.45, 7) is 3.57. The monoisotopic (exact) mass is 279 g/mol. The number of para-hydroxylation sites is 1. The van der Waals surface area contributed by atoms with E-state index in [1.165, 1.54) is 36.9 Å². The summed E-state index contributed by atoms with van der Waals surface area (Å²) in [7, 11) is 0. The minimum atomic E-state index is 0.807. The van der Waals surface area contributed by atoms with Gasteiger partial charge in [-0.05, 0) is 55.5 Å². The number of nitrogens with one attached hydrogen (secondary N) is 1. The van der Waals surface area contributed by atoms with Crippen LogP contribution >= 0.6 is 0 Å². The minimum Gasteiger partial charge on any atom is -0.316 e. The van der Waals surface area contributed by atoms with Crippen LogP contribution in [-0.2, 0) is 6.54 Å². The maximum Gasteiger partial charge on any atom is 0.0705 e. The van der Waals surface area contributed by atoms with E-state index in [0.29, 0.717) is 0 Å². The SMILES string of the molecule is c1ccc2c(CN3[C@@H]4CC[C@H]3[C@H]3CNC[C@H]34)ccnc2c1. The molecule has 0 aliphatic carbocycles. The van der Waals surface area contributed by atoms with Crippen LogP contribution in [0.3, 0.4) is 0 Å². The Labute approximate surface area is 125 Å². The van der Waals surface area contributed by atoms with Crippen LogP contribution in [0, 0.1) is 11.8 Å². The Morgan fingerprint density at radius 2 is 1.81 bits per heavy atom. The Balaban J connectivity index is 1.50. The smallest absolute Gasteiger partial charge is 0.0705 e. The van der Waals surface area contributed by atoms with Crippen LogP contribution in [0.2, 0.25) is 0 Å². The average molecular weight is 279 g/mol. The summed E-state index contributed by atoms with van der Waals surface area (Å²) in [5, 5.41) is 4.93. The molecule has 0 spiro atoms. The molecule has 5 rings (SSSR count). The van der Waals surface area contributed by atoms with Crippen LogP contribution in [0.15, 0.2) is 36.5 Å². The van der Waals surface area contributed by atoms with Crippen molar-refractivity contribution in [3.05, 3.63) is 42.1 Å². The topological polar surface area (TPSA) is 28.2 Å². The zero-order valence-corrected chi connectivity index (χ0v) is 12.2. The number of benzene rings is 1. The van der Waals surface area contributed by atoms with E-state index in [1.807, 2.05) is 6.20 Å². The Hall–Kier alpha value is -1.45. The number of fused-ring (bicyclic) bond motifs is 6.